The van der Waals surface area contributed by atoms with Gasteiger partial charge in [-0.1, -0.05) is 231 Å². The lowest BCUT2D eigenvalue weighted by Gasteiger charge is -2.44. The molecular weight excluding hydrogens is 1100 g/mol. The first kappa shape index (κ1) is 53.4. The Morgan fingerprint density at radius 2 is 0.495 bits per heavy atom. The van der Waals surface area contributed by atoms with Crippen molar-refractivity contribution < 1.29 is 0 Å². The quantitative estimate of drug-likeness (QED) is 0.134. The van der Waals surface area contributed by atoms with E-state index in [0.717, 1.165) is 28.4 Å². The number of rotatable bonds is 9. The zero-order valence-electron chi connectivity index (χ0n) is 50.0. The molecule has 4 aliphatic heterocycles. The molecular formula is C84H59B2N5. The highest BCUT2D eigenvalue weighted by atomic mass is 15.2. The summed E-state index contributed by atoms with van der Waals surface area (Å²) < 4.78 is 0. The highest BCUT2D eigenvalue weighted by Gasteiger charge is 2.45. The van der Waals surface area contributed by atoms with E-state index in [1.54, 1.807) is 0 Å². The molecule has 18 rings (SSSR count). The molecule has 14 aromatic rings. The van der Waals surface area contributed by atoms with Crippen LogP contribution in [0.2, 0.25) is 0 Å². The molecule has 0 saturated carbocycles. The van der Waals surface area contributed by atoms with Crippen molar-refractivity contribution in [1.82, 2.24) is 0 Å². The lowest BCUT2D eigenvalue weighted by Crippen LogP contribution is -2.61. The summed E-state index contributed by atoms with van der Waals surface area (Å²) in [4.78, 5) is 12.2. The van der Waals surface area contributed by atoms with Gasteiger partial charge in [0.2, 0.25) is 0 Å². The van der Waals surface area contributed by atoms with Crippen LogP contribution in [0.15, 0.2) is 358 Å². The highest BCUT2D eigenvalue weighted by molar-refractivity contribution is 7.01. The van der Waals surface area contributed by atoms with Gasteiger partial charge in [-0.3, -0.25) is 0 Å². The van der Waals surface area contributed by atoms with Gasteiger partial charge in [0.15, 0.2) is 0 Å². The van der Waals surface area contributed by atoms with Crippen molar-refractivity contribution in [2.75, 3.05) is 24.5 Å². The van der Waals surface area contributed by atoms with E-state index in [4.69, 9.17) is 0 Å². The standard InChI is InChI=1S/C54H38BN3.C30H21BN2/c1-6-18-39(19-7-1)41-22-16-29-46(36-41)58-51-31-17-30-50-54(51)55(48-34-32-42(37-52(48)58)40-20-8-2-9-21-40)49-35-33-47(38-53(49)57(50)45-27-14-5-15-28-45)56(43-23-10-3-11-24-43)44-25-12-4-13-26-44;1-3-12-22(13-4-1)32-26-18-9-7-16-24(26)31-25-17-8-10-19-27(25)33(23-14-5-2-6-15-23)29-21-11-20-28(32)30(29)31/h1-38H;1-21H. The third kappa shape index (κ3) is 9.20. The molecule has 0 atom stereocenters. The van der Waals surface area contributed by atoms with Crippen LogP contribution in [0.1, 0.15) is 0 Å². The molecule has 0 amide bonds. The largest absolute Gasteiger partial charge is 0.311 e. The van der Waals surface area contributed by atoms with Gasteiger partial charge in [-0.25, -0.2) is 0 Å². The van der Waals surface area contributed by atoms with Crippen LogP contribution in [0.25, 0.3) is 22.3 Å². The number of nitrogens with zero attached hydrogens (tertiary/aromatic N) is 5. The van der Waals surface area contributed by atoms with Crippen molar-refractivity contribution in [2.24, 2.45) is 0 Å². The molecule has 0 saturated heterocycles. The molecule has 0 bridgehead atoms. The minimum absolute atomic E-state index is 0.00509. The van der Waals surface area contributed by atoms with Crippen molar-refractivity contribution in [3.63, 3.8) is 0 Å². The van der Waals surface area contributed by atoms with Crippen LogP contribution in [0.5, 0.6) is 0 Å². The third-order valence-corrected chi connectivity index (χ3v) is 18.4. The summed E-state index contributed by atoms with van der Waals surface area (Å²) in [5.74, 6) is 0. The van der Waals surface area contributed by atoms with Gasteiger partial charge in [-0.15, -0.1) is 0 Å². The first-order valence-electron chi connectivity index (χ1n) is 31.4. The maximum Gasteiger partial charge on any atom is 0.252 e. The van der Waals surface area contributed by atoms with Crippen LogP contribution in [0.3, 0.4) is 0 Å². The van der Waals surface area contributed by atoms with Gasteiger partial charge in [0.05, 0.1) is 0 Å². The SMILES string of the molecule is c1ccc(-c2cccc(N3c4cc(-c5ccccc5)ccc4B4c5ccc(N(c6ccccc6)c6ccccc6)cc5N(c5ccccc5)c5cccc3c54)c2)cc1.c1ccc(N2c3ccccc3B3c4ccccc4N(c4ccccc4)c4cccc2c43)cc1. The molecule has 0 spiro atoms. The highest BCUT2D eigenvalue weighted by Crippen LogP contribution is 2.48. The summed E-state index contributed by atoms with van der Waals surface area (Å²) >= 11 is 0. The lowest BCUT2D eigenvalue weighted by atomic mass is 9.33. The Bertz CT molecular complexity index is 4830. The minimum Gasteiger partial charge on any atom is -0.311 e. The molecule has 0 fully saturated rings. The molecule has 4 aliphatic rings. The number of fused-ring (bicyclic) bond motifs is 8. The van der Waals surface area contributed by atoms with Crippen molar-refractivity contribution in [1.29, 1.82) is 0 Å². The number of para-hydroxylation sites is 7. The van der Waals surface area contributed by atoms with E-state index in [9.17, 15) is 0 Å². The first-order valence-corrected chi connectivity index (χ1v) is 31.4. The molecule has 0 aromatic heterocycles. The molecule has 14 aromatic carbocycles. The fourth-order valence-corrected chi connectivity index (χ4v) is 14.6. The molecule has 0 radical (unpaired) electrons. The van der Waals surface area contributed by atoms with Gasteiger partial charge in [-0.05, 0) is 182 Å². The van der Waals surface area contributed by atoms with Gasteiger partial charge >= 0.3 is 0 Å². The zero-order chi connectivity index (χ0) is 60.2. The van der Waals surface area contributed by atoms with Crippen molar-refractivity contribution in [3.8, 4) is 22.3 Å². The van der Waals surface area contributed by atoms with Gasteiger partial charge in [0.25, 0.3) is 13.4 Å². The molecule has 5 nitrogen and oxygen atoms in total. The van der Waals surface area contributed by atoms with Crippen molar-refractivity contribution in [3.05, 3.63) is 358 Å². The fraction of sp³-hybridized carbons (Fsp3) is 0. The van der Waals surface area contributed by atoms with E-state index < -0.39 is 0 Å². The van der Waals surface area contributed by atoms with Crippen LogP contribution in [0, 0.1) is 0 Å². The van der Waals surface area contributed by atoms with Gasteiger partial charge < -0.3 is 24.5 Å². The number of benzene rings is 14. The maximum absolute atomic E-state index is 2.50. The number of anilines is 15. The van der Waals surface area contributed by atoms with Gasteiger partial charge in [0, 0.05) is 85.3 Å². The summed E-state index contributed by atoms with van der Waals surface area (Å²) in [5.41, 5.74) is 30.4. The smallest absolute Gasteiger partial charge is 0.252 e. The van der Waals surface area contributed by atoms with E-state index in [0.29, 0.717) is 0 Å². The Kier molecular flexibility index (Phi) is 13.4. The fourth-order valence-electron chi connectivity index (χ4n) is 14.6. The van der Waals surface area contributed by atoms with Crippen LogP contribution in [-0.4, -0.2) is 13.4 Å². The van der Waals surface area contributed by atoms with E-state index in [1.165, 1.54) is 112 Å². The molecule has 91 heavy (non-hydrogen) atoms. The van der Waals surface area contributed by atoms with Gasteiger partial charge in [0.1, 0.15) is 0 Å². The van der Waals surface area contributed by atoms with Crippen molar-refractivity contribution in [2.45, 2.75) is 0 Å². The second kappa shape index (κ2) is 22.7. The van der Waals surface area contributed by atoms with E-state index >= 15 is 0 Å². The van der Waals surface area contributed by atoms with E-state index in [2.05, 4.69) is 382 Å². The van der Waals surface area contributed by atoms with E-state index in [-0.39, 0.29) is 13.4 Å². The average molecular weight is 1160 g/mol. The predicted octanol–water partition coefficient (Wildman–Crippen LogP) is 18.3. The Labute approximate surface area is 533 Å². The Balaban J connectivity index is 0.000000162. The minimum atomic E-state index is 0.00509. The molecule has 0 unspecified atom stereocenters. The summed E-state index contributed by atoms with van der Waals surface area (Å²) in [5, 5.41) is 0. The first-order chi connectivity index (χ1) is 45.2. The third-order valence-electron chi connectivity index (χ3n) is 18.4. The van der Waals surface area contributed by atoms with Crippen LogP contribution < -0.4 is 57.3 Å². The maximum atomic E-state index is 2.50. The summed E-state index contributed by atoms with van der Waals surface area (Å²) in [6.45, 7) is 0.203. The average Bonchev–Trinajstić information content (AvgIpc) is 0.714. The second-order valence-corrected chi connectivity index (χ2v) is 23.6. The van der Waals surface area contributed by atoms with E-state index in [1.807, 2.05) is 0 Å². The summed E-state index contributed by atoms with van der Waals surface area (Å²) in [6.07, 6.45) is 0. The summed E-state index contributed by atoms with van der Waals surface area (Å²) in [6, 6.07) is 130. The Morgan fingerprint density at radius 3 is 0.956 bits per heavy atom. The Hall–Kier alpha value is -11.8. The van der Waals surface area contributed by atoms with Crippen LogP contribution in [-0.2, 0) is 0 Å². The normalized spacial score (nSPS) is 12.7. The Morgan fingerprint density at radius 1 is 0.187 bits per heavy atom. The number of hydrogen-bond acceptors (Lipinski definition) is 5. The molecule has 426 valence electrons. The topological polar surface area (TPSA) is 16.2 Å². The summed E-state index contributed by atoms with van der Waals surface area (Å²) in [7, 11) is 0. The zero-order valence-corrected chi connectivity index (χ0v) is 50.0. The van der Waals surface area contributed by atoms with Gasteiger partial charge in [-0.2, -0.15) is 0 Å². The van der Waals surface area contributed by atoms with Crippen molar-refractivity contribution >= 4 is 132 Å². The molecule has 0 N–H and O–H groups in total. The second-order valence-electron chi connectivity index (χ2n) is 23.6. The molecule has 0 aliphatic carbocycles. The lowest BCUT2D eigenvalue weighted by molar-refractivity contribution is 1.24. The monoisotopic (exact) mass is 1160 g/mol. The molecule has 4 heterocycles. The number of hydrogen-bond donors (Lipinski definition) is 0. The van der Waals surface area contributed by atoms with Crippen LogP contribution >= 0.6 is 0 Å². The predicted molar refractivity (Wildman–Crippen MR) is 386 cm³/mol. The van der Waals surface area contributed by atoms with Crippen LogP contribution in [0.4, 0.5) is 85.3 Å². The molecule has 7 heteroatoms.